The zero-order chi connectivity index (χ0) is 19.2. The molecule has 1 aliphatic rings. The van der Waals surface area contributed by atoms with Crippen molar-refractivity contribution >= 4 is 18.3 Å². The van der Waals surface area contributed by atoms with E-state index in [1.807, 2.05) is 29.9 Å². The van der Waals surface area contributed by atoms with Gasteiger partial charge < -0.3 is 15.1 Å². The molecule has 3 rings (SSSR count). The summed E-state index contributed by atoms with van der Waals surface area (Å²) in [4.78, 5) is 16.9. The van der Waals surface area contributed by atoms with E-state index in [2.05, 4.69) is 10.4 Å². The number of nitrogens with one attached hydrogen (secondary N) is 1. The first-order chi connectivity index (χ1) is 13.0. The fraction of sp³-hybridized carbons (Fsp3) is 0.500. The van der Waals surface area contributed by atoms with Crippen molar-refractivity contribution in [1.82, 2.24) is 24.9 Å². The van der Waals surface area contributed by atoms with Gasteiger partial charge in [0, 0.05) is 32.4 Å². The van der Waals surface area contributed by atoms with Crippen LogP contribution in [0.2, 0.25) is 0 Å². The molecular formula is C20H29ClFN5O. The minimum atomic E-state index is -0.273. The maximum atomic E-state index is 13.2. The lowest BCUT2D eigenvalue weighted by atomic mass is 10.1. The SMILES string of the molecule is CN(C)CCN(Cc1ccc(F)cc1)C(=O)c1ccn(C2CCCNC2)n1.Cl. The Hall–Kier alpha value is -1.96. The second kappa shape index (κ2) is 10.5. The highest BCUT2D eigenvalue weighted by atomic mass is 35.5. The van der Waals surface area contributed by atoms with E-state index >= 15 is 0 Å². The van der Waals surface area contributed by atoms with Gasteiger partial charge in [0.2, 0.25) is 0 Å². The largest absolute Gasteiger partial charge is 0.332 e. The second-order valence-corrected chi connectivity index (χ2v) is 7.34. The van der Waals surface area contributed by atoms with Crippen LogP contribution in [0, 0.1) is 5.82 Å². The molecule has 1 atom stereocenters. The highest BCUT2D eigenvalue weighted by Crippen LogP contribution is 2.17. The van der Waals surface area contributed by atoms with Crippen molar-refractivity contribution < 1.29 is 9.18 Å². The quantitative estimate of drug-likeness (QED) is 0.763. The maximum absolute atomic E-state index is 13.2. The minimum Gasteiger partial charge on any atom is -0.332 e. The summed E-state index contributed by atoms with van der Waals surface area (Å²) in [5, 5.41) is 7.92. The number of benzene rings is 1. The Morgan fingerprint density at radius 2 is 2.00 bits per heavy atom. The summed E-state index contributed by atoms with van der Waals surface area (Å²) in [6.45, 7) is 3.70. The molecule has 0 aliphatic carbocycles. The van der Waals surface area contributed by atoms with E-state index in [0.717, 1.165) is 38.0 Å². The van der Waals surface area contributed by atoms with E-state index in [1.54, 1.807) is 23.1 Å². The molecule has 154 valence electrons. The molecule has 1 N–H and O–H groups in total. The molecule has 6 nitrogen and oxygen atoms in total. The Kier molecular flexibility index (Phi) is 8.41. The number of halogens is 2. The van der Waals surface area contributed by atoms with Crippen LogP contribution in [0.3, 0.4) is 0 Å². The third-order valence-corrected chi connectivity index (χ3v) is 4.86. The molecule has 1 aromatic heterocycles. The van der Waals surface area contributed by atoms with E-state index in [4.69, 9.17) is 0 Å². The van der Waals surface area contributed by atoms with Crippen LogP contribution in [0.1, 0.15) is 34.9 Å². The Bertz CT molecular complexity index is 743. The lowest BCUT2D eigenvalue weighted by molar-refractivity contribution is 0.0724. The first-order valence-corrected chi connectivity index (χ1v) is 9.47. The van der Waals surface area contributed by atoms with Gasteiger partial charge in [-0.15, -0.1) is 12.4 Å². The van der Waals surface area contributed by atoms with Crippen molar-refractivity contribution in [1.29, 1.82) is 0 Å². The average Bonchev–Trinajstić information content (AvgIpc) is 3.17. The molecule has 1 unspecified atom stereocenters. The molecule has 0 saturated carbocycles. The number of carbonyl (C=O) groups excluding carboxylic acids is 1. The van der Waals surface area contributed by atoms with Crippen molar-refractivity contribution in [3.63, 3.8) is 0 Å². The standard InChI is InChI=1S/C20H28FN5O.ClH/c1-24(2)12-13-25(15-16-5-7-17(21)8-6-16)20(27)19-9-11-26(23-19)18-4-3-10-22-14-18;/h5-9,11,18,22H,3-4,10,12-15H2,1-2H3;1H. The van der Waals surface area contributed by atoms with Crippen molar-refractivity contribution in [2.75, 3.05) is 40.3 Å². The average molecular weight is 410 g/mol. The fourth-order valence-electron chi connectivity index (χ4n) is 3.26. The molecular weight excluding hydrogens is 381 g/mol. The molecule has 1 amide bonds. The van der Waals surface area contributed by atoms with E-state index in [1.165, 1.54) is 12.1 Å². The van der Waals surface area contributed by atoms with E-state index in [9.17, 15) is 9.18 Å². The van der Waals surface area contributed by atoms with Gasteiger partial charge in [0.1, 0.15) is 11.5 Å². The number of hydrogen-bond donors (Lipinski definition) is 1. The van der Waals surface area contributed by atoms with Crippen molar-refractivity contribution in [2.24, 2.45) is 0 Å². The van der Waals surface area contributed by atoms with Crippen LogP contribution in [0.25, 0.3) is 0 Å². The molecule has 0 radical (unpaired) electrons. The summed E-state index contributed by atoms with van der Waals surface area (Å²) in [6.07, 6.45) is 4.09. The Morgan fingerprint density at radius 3 is 2.64 bits per heavy atom. The first kappa shape index (κ1) is 22.3. The summed E-state index contributed by atoms with van der Waals surface area (Å²) in [7, 11) is 3.96. The Labute approximate surface area is 172 Å². The summed E-state index contributed by atoms with van der Waals surface area (Å²) < 4.78 is 15.1. The fourth-order valence-corrected chi connectivity index (χ4v) is 3.26. The van der Waals surface area contributed by atoms with Crippen LogP contribution >= 0.6 is 12.4 Å². The first-order valence-electron chi connectivity index (χ1n) is 9.47. The van der Waals surface area contributed by atoms with E-state index in [-0.39, 0.29) is 24.1 Å². The van der Waals surface area contributed by atoms with Crippen LogP contribution < -0.4 is 5.32 Å². The summed E-state index contributed by atoms with van der Waals surface area (Å²) in [6, 6.07) is 8.38. The number of hydrogen-bond acceptors (Lipinski definition) is 4. The number of amides is 1. The minimum absolute atomic E-state index is 0. The van der Waals surface area contributed by atoms with Gasteiger partial charge in [0.25, 0.3) is 5.91 Å². The number of rotatable bonds is 7. The number of piperidine rings is 1. The lowest BCUT2D eigenvalue weighted by Gasteiger charge is -2.24. The molecule has 0 spiro atoms. The van der Waals surface area contributed by atoms with Crippen LogP contribution in [0.5, 0.6) is 0 Å². The molecule has 1 fully saturated rings. The van der Waals surface area contributed by atoms with Crippen LogP contribution in [-0.4, -0.2) is 65.8 Å². The monoisotopic (exact) mass is 409 g/mol. The van der Waals surface area contributed by atoms with Crippen molar-refractivity contribution in [3.05, 3.63) is 53.6 Å². The van der Waals surface area contributed by atoms with Gasteiger partial charge in [-0.1, -0.05) is 12.1 Å². The van der Waals surface area contributed by atoms with Crippen molar-refractivity contribution in [2.45, 2.75) is 25.4 Å². The summed E-state index contributed by atoms with van der Waals surface area (Å²) in [5.74, 6) is -0.367. The molecule has 1 aromatic carbocycles. The molecule has 2 aromatic rings. The molecule has 0 bridgehead atoms. The van der Waals surface area contributed by atoms with Crippen LogP contribution in [0.4, 0.5) is 4.39 Å². The molecule has 28 heavy (non-hydrogen) atoms. The predicted octanol–water partition coefficient (Wildman–Crippen LogP) is 2.57. The summed E-state index contributed by atoms with van der Waals surface area (Å²) in [5.41, 5.74) is 1.36. The van der Waals surface area contributed by atoms with E-state index < -0.39 is 0 Å². The van der Waals surface area contributed by atoms with Gasteiger partial charge in [-0.25, -0.2) is 4.39 Å². The molecule has 8 heteroatoms. The van der Waals surface area contributed by atoms with Gasteiger partial charge in [-0.05, 0) is 57.2 Å². The smallest absolute Gasteiger partial charge is 0.274 e. The highest BCUT2D eigenvalue weighted by Gasteiger charge is 2.21. The number of likely N-dealkylation sites (N-methyl/N-ethyl adjacent to an activating group) is 1. The number of aromatic nitrogens is 2. The van der Waals surface area contributed by atoms with Gasteiger partial charge in [0.05, 0.1) is 6.04 Å². The van der Waals surface area contributed by atoms with E-state index in [0.29, 0.717) is 24.8 Å². The van der Waals surface area contributed by atoms with Crippen LogP contribution in [0.15, 0.2) is 36.5 Å². The zero-order valence-electron chi connectivity index (χ0n) is 16.5. The van der Waals surface area contributed by atoms with Gasteiger partial charge in [-0.3, -0.25) is 9.48 Å². The highest BCUT2D eigenvalue weighted by molar-refractivity contribution is 5.92. The third-order valence-electron chi connectivity index (χ3n) is 4.86. The van der Waals surface area contributed by atoms with Crippen LogP contribution in [-0.2, 0) is 6.54 Å². The van der Waals surface area contributed by atoms with Crippen molar-refractivity contribution in [3.8, 4) is 0 Å². The zero-order valence-corrected chi connectivity index (χ0v) is 17.3. The summed E-state index contributed by atoms with van der Waals surface area (Å²) >= 11 is 0. The predicted molar refractivity (Wildman–Crippen MR) is 110 cm³/mol. The van der Waals surface area contributed by atoms with Gasteiger partial charge in [-0.2, -0.15) is 5.10 Å². The molecule has 1 saturated heterocycles. The van der Waals surface area contributed by atoms with Gasteiger partial charge >= 0.3 is 0 Å². The normalized spacial score (nSPS) is 16.6. The topological polar surface area (TPSA) is 53.4 Å². The third kappa shape index (κ3) is 6.02. The number of nitrogens with zero attached hydrogens (tertiary/aromatic N) is 4. The second-order valence-electron chi connectivity index (χ2n) is 7.34. The number of carbonyl (C=O) groups is 1. The Morgan fingerprint density at radius 1 is 1.25 bits per heavy atom. The lowest BCUT2D eigenvalue weighted by Crippen LogP contribution is -2.37. The van der Waals surface area contributed by atoms with Gasteiger partial charge in [0.15, 0.2) is 0 Å². The molecule has 2 heterocycles. The maximum Gasteiger partial charge on any atom is 0.274 e. The molecule has 1 aliphatic heterocycles. The Balaban J connectivity index is 0.00000280.